The number of carbonyl (C=O) groups excluding carboxylic acids is 1. The van der Waals surface area contributed by atoms with Crippen LogP contribution in [-0.4, -0.2) is 38.6 Å². The first-order valence-electron chi connectivity index (χ1n) is 10.1. The lowest BCUT2D eigenvalue weighted by Crippen LogP contribution is -2.52. The number of rotatable bonds is 4. The fourth-order valence-electron chi connectivity index (χ4n) is 4.51. The first-order valence-corrected chi connectivity index (χ1v) is 11.8. The van der Waals surface area contributed by atoms with Gasteiger partial charge in [-0.3, -0.25) is 4.79 Å². The largest absolute Gasteiger partial charge is 0.326 e. The monoisotopic (exact) mass is 414 g/mol. The number of fused-ring (bicyclic) bond motifs is 3. The molecule has 0 unspecified atom stereocenters. The van der Waals surface area contributed by atoms with Crippen LogP contribution >= 0.6 is 23.1 Å². The smallest absolute Gasteiger partial charge is 0.236 e. The lowest BCUT2D eigenvalue weighted by Gasteiger charge is -2.40. The molecule has 0 aromatic carbocycles. The van der Waals surface area contributed by atoms with Gasteiger partial charge in [0.15, 0.2) is 0 Å². The zero-order valence-corrected chi connectivity index (χ0v) is 18.4. The van der Waals surface area contributed by atoms with E-state index in [1.165, 1.54) is 28.6 Å². The van der Waals surface area contributed by atoms with E-state index < -0.39 is 5.54 Å². The lowest BCUT2D eigenvalue weighted by atomic mass is 9.81. The molecule has 1 atom stereocenters. The van der Waals surface area contributed by atoms with Crippen LogP contribution in [0.3, 0.4) is 0 Å². The molecule has 0 bridgehead atoms. The van der Waals surface area contributed by atoms with Gasteiger partial charge in [-0.25, -0.2) is 9.97 Å². The Balaban J connectivity index is 1.61. The number of nitriles is 1. The van der Waals surface area contributed by atoms with E-state index in [0.717, 1.165) is 66.0 Å². The quantitative estimate of drug-likeness (QED) is 0.538. The molecule has 1 saturated carbocycles. The molecular weight excluding hydrogens is 388 g/mol. The van der Waals surface area contributed by atoms with E-state index in [9.17, 15) is 10.1 Å². The predicted molar refractivity (Wildman–Crippen MR) is 114 cm³/mol. The van der Waals surface area contributed by atoms with Crippen LogP contribution in [0.1, 0.15) is 61.7 Å². The lowest BCUT2D eigenvalue weighted by molar-refractivity contribution is -0.133. The molecule has 0 aliphatic heterocycles. The SMILES string of the molecule is Cc1nc(S[C@@H](C)C(=O)N(C)C2(C#N)CCCCC2)c2c3c(sc2n1)CCC3. The molecule has 0 radical (unpaired) electrons. The van der Waals surface area contributed by atoms with E-state index in [0.29, 0.717) is 0 Å². The van der Waals surface area contributed by atoms with Gasteiger partial charge in [0, 0.05) is 17.3 Å². The van der Waals surface area contributed by atoms with Crippen molar-refractivity contribution in [2.45, 2.75) is 81.0 Å². The molecule has 2 aromatic rings. The summed E-state index contributed by atoms with van der Waals surface area (Å²) in [5.41, 5.74) is 0.737. The molecular formula is C21H26N4OS2. The molecule has 0 saturated heterocycles. The van der Waals surface area contributed by atoms with Crippen molar-refractivity contribution >= 4 is 39.2 Å². The average molecular weight is 415 g/mol. The van der Waals surface area contributed by atoms with Crippen molar-refractivity contribution in [3.8, 4) is 6.07 Å². The van der Waals surface area contributed by atoms with Gasteiger partial charge in [-0.1, -0.05) is 31.0 Å². The van der Waals surface area contributed by atoms with Gasteiger partial charge in [0.05, 0.1) is 11.3 Å². The van der Waals surface area contributed by atoms with Crippen LogP contribution in [0, 0.1) is 18.3 Å². The van der Waals surface area contributed by atoms with Crippen molar-refractivity contribution in [2.24, 2.45) is 0 Å². The average Bonchev–Trinajstić information content (AvgIpc) is 3.27. The number of hydrogen-bond donors (Lipinski definition) is 0. The fourth-order valence-corrected chi connectivity index (χ4v) is 7.00. The second-order valence-electron chi connectivity index (χ2n) is 7.97. The Kier molecular flexibility index (Phi) is 5.36. The van der Waals surface area contributed by atoms with Gasteiger partial charge in [-0.2, -0.15) is 5.26 Å². The Labute approximate surface area is 174 Å². The van der Waals surface area contributed by atoms with Crippen molar-refractivity contribution in [2.75, 3.05) is 7.05 Å². The van der Waals surface area contributed by atoms with Gasteiger partial charge in [-0.05, 0) is 51.5 Å². The van der Waals surface area contributed by atoms with Gasteiger partial charge in [0.1, 0.15) is 21.2 Å². The Hall–Kier alpha value is -1.65. The highest BCUT2D eigenvalue weighted by atomic mass is 32.2. The minimum absolute atomic E-state index is 0.0183. The summed E-state index contributed by atoms with van der Waals surface area (Å²) < 4.78 is 0. The number of carbonyl (C=O) groups is 1. The molecule has 4 rings (SSSR count). The van der Waals surface area contributed by atoms with E-state index in [-0.39, 0.29) is 11.2 Å². The van der Waals surface area contributed by atoms with E-state index in [2.05, 4.69) is 11.1 Å². The van der Waals surface area contributed by atoms with E-state index in [1.54, 1.807) is 23.3 Å². The van der Waals surface area contributed by atoms with Crippen LogP contribution in [0.5, 0.6) is 0 Å². The van der Waals surface area contributed by atoms with Crippen LogP contribution in [-0.2, 0) is 17.6 Å². The number of thioether (sulfide) groups is 1. The second-order valence-corrected chi connectivity index (χ2v) is 10.4. The Bertz CT molecular complexity index is 955. The van der Waals surface area contributed by atoms with Crippen LogP contribution in [0.2, 0.25) is 0 Å². The molecule has 1 fully saturated rings. The minimum Gasteiger partial charge on any atom is -0.326 e. The third-order valence-corrected chi connectivity index (χ3v) is 8.40. The third-order valence-electron chi connectivity index (χ3n) is 6.14. The summed E-state index contributed by atoms with van der Waals surface area (Å²) in [5, 5.41) is 11.6. The summed E-state index contributed by atoms with van der Waals surface area (Å²) in [6.45, 7) is 3.85. The van der Waals surface area contributed by atoms with Crippen molar-refractivity contribution in [3.05, 3.63) is 16.3 Å². The number of thiophene rings is 1. The molecule has 5 nitrogen and oxygen atoms in total. The van der Waals surface area contributed by atoms with Crippen molar-refractivity contribution in [1.82, 2.24) is 14.9 Å². The Morgan fingerprint density at radius 2 is 2.00 bits per heavy atom. The summed E-state index contributed by atoms with van der Waals surface area (Å²) in [7, 11) is 1.80. The highest BCUT2D eigenvalue weighted by Gasteiger charge is 2.40. The molecule has 2 heterocycles. The maximum absolute atomic E-state index is 13.2. The van der Waals surface area contributed by atoms with Crippen molar-refractivity contribution < 1.29 is 4.79 Å². The maximum atomic E-state index is 13.2. The molecule has 2 aromatic heterocycles. The zero-order valence-electron chi connectivity index (χ0n) is 16.7. The molecule has 2 aliphatic rings. The number of hydrogen-bond acceptors (Lipinski definition) is 6. The summed E-state index contributed by atoms with van der Waals surface area (Å²) >= 11 is 3.30. The molecule has 28 heavy (non-hydrogen) atoms. The highest BCUT2D eigenvalue weighted by Crippen LogP contribution is 2.42. The Morgan fingerprint density at radius 3 is 2.71 bits per heavy atom. The molecule has 0 spiro atoms. The van der Waals surface area contributed by atoms with Crippen LogP contribution < -0.4 is 0 Å². The summed E-state index contributed by atoms with van der Waals surface area (Å²) in [6.07, 6.45) is 8.12. The third kappa shape index (κ3) is 3.31. The van der Waals surface area contributed by atoms with Gasteiger partial charge in [0.2, 0.25) is 5.91 Å². The minimum atomic E-state index is -0.648. The van der Waals surface area contributed by atoms with Crippen molar-refractivity contribution in [3.63, 3.8) is 0 Å². The molecule has 1 amide bonds. The molecule has 2 aliphatic carbocycles. The summed E-state index contributed by atoms with van der Waals surface area (Å²) in [5.74, 6) is 0.772. The van der Waals surface area contributed by atoms with Gasteiger partial charge >= 0.3 is 0 Å². The Morgan fingerprint density at radius 1 is 1.25 bits per heavy atom. The van der Waals surface area contributed by atoms with Crippen LogP contribution in [0.4, 0.5) is 0 Å². The predicted octanol–water partition coefficient (Wildman–Crippen LogP) is 4.65. The van der Waals surface area contributed by atoms with Gasteiger partial charge < -0.3 is 4.90 Å². The highest BCUT2D eigenvalue weighted by molar-refractivity contribution is 8.00. The molecule has 0 N–H and O–H groups in total. The number of amides is 1. The van der Waals surface area contributed by atoms with E-state index in [1.807, 2.05) is 13.8 Å². The normalized spacial score (nSPS) is 19.2. The fraction of sp³-hybridized carbons (Fsp3) is 0.619. The van der Waals surface area contributed by atoms with Crippen LogP contribution in [0.15, 0.2) is 5.03 Å². The molecule has 7 heteroatoms. The topological polar surface area (TPSA) is 69.9 Å². The van der Waals surface area contributed by atoms with Gasteiger partial charge in [0.25, 0.3) is 0 Å². The van der Waals surface area contributed by atoms with Crippen molar-refractivity contribution in [1.29, 1.82) is 5.26 Å². The van der Waals surface area contributed by atoms with E-state index >= 15 is 0 Å². The maximum Gasteiger partial charge on any atom is 0.236 e. The second kappa shape index (κ2) is 7.64. The van der Waals surface area contributed by atoms with Gasteiger partial charge in [-0.15, -0.1) is 11.3 Å². The van der Waals surface area contributed by atoms with Crippen LogP contribution in [0.25, 0.3) is 10.2 Å². The first-order chi connectivity index (χ1) is 13.4. The molecule has 148 valence electrons. The van der Waals surface area contributed by atoms with E-state index in [4.69, 9.17) is 4.98 Å². The number of nitrogens with zero attached hydrogens (tertiary/aromatic N) is 4. The zero-order chi connectivity index (χ0) is 19.9. The standard InChI is InChI=1S/C21H26N4OS2/c1-13(20(26)25(3)21(12-22)10-5-4-6-11-21)27-18-17-15-8-7-9-16(15)28-19(17)24-14(2)23-18/h13H,4-11H2,1-3H3/t13-/m0/s1. The number of aromatic nitrogens is 2. The summed E-state index contributed by atoms with van der Waals surface area (Å²) in [6, 6.07) is 2.46. The summed E-state index contributed by atoms with van der Waals surface area (Å²) in [4.78, 5) is 26.8. The number of aryl methyl sites for hydroxylation is 3. The first kappa shape index (κ1) is 19.7.